The summed E-state index contributed by atoms with van der Waals surface area (Å²) in [6, 6.07) is 0.601. The van der Waals surface area contributed by atoms with E-state index in [1.807, 2.05) is 0 Å². The summed E-state index contributed by atoms with van der Waals surface area (Å²) >= 11 is 0. The minimum atomic E-state index is 0.217. The first-order valence-corrected chi connectivity index (χ1v) is 8.02. The summed E-state index contributed by atoms with van der Waals surface area (Å²) in [5.41, 5.74) is 0. The van der Waals surface area contributed by atoms with Crippen molar-refractivity contribution in [3.63, 3.8) is 0 Å². The number of hydrogen-bond acceptors (Lipinski definition) is 2. The number of carbonyl (C=O) groups is 1. The van der Waals surface area contributed by atoms with Crippen molar-refractivity contribution in [2.45, 2.75) is 78.7 Å². The molecule has 3 heteroatoms. The Kier molecular flexibility index (Phi) is 12.1. The van der Waals surface area contributed by atoms with E-state index in [1.165, 1.54) is 32.1 Å². The van der Waals surface area contributed by atoms with Crippen molar-refractivity contribution in [3.05, 3.63) is 0 Å². The lowest BCUT2D eigenvalue weighted by atomic mass is 10.1. The highest BCUT2D eigenvalue weighted by molar-refractivity contribution is 5.75. The van der Waals surface area contributed by atoms with Gasteiger partial charge in [-0.3, -0.25) is 4.79 Å². The fourth-order valence-electron chi connectivity index (χ4n) is 1.91. The van der Waals surface area contributed by atoms with Gasteiger partial charge in [-0.1, -0.05) is 53.4 Å². The Hall–Kier alpha value is -0.570. The molecule has 0 saturated carbocycles. The molecule has 1 amide bonds. The van der Waals surface area contributed by atoms with Crippen molar-refractivity contribution in [1.29, 1.82) is 0 Å². The zero-order valence-corrected chi connectivity index (χ0v) is 13.4. The molecule has 0 aromatic rings. The van der Waals surface area contributed by atoms with Gasteiger partial charge in [0, 0.05) is 19.0 Å². The largest absolute Gasteiger partial charge is 0.356 e. The fraction of sp³-hybridized carbons (Fsp3) is 0.938. The van der Waals surface area contributed by atoms with Crippen molar-refractivity contribution in [1.82, 2.24) is 10.6 Å². The number of hydrogen-bond donors (Lipinski definition) is 2. The van der Waals surface area contributed by atoms with E-state index in [2.05, 4.69) is 38.3 Å². The topological polar surface area (TPSA) is 41.1 Å². The molecule has 0 spiro atoms. The summed E-state index contributed by atoms with van der Waals surface area (Å²) in [6.07, 6.45) is 8.06. The van der Waals surface area contributed by atoms with Crippen molar-refractivity contribution in [2.75, 3.05) is 13.1 Å². The minimum Gasteiger partial charge on any atom is -0.356 e. The zero-order valence-electron chi connectivity index (χ0n) is 13.4. The van der Waals surface area contributed by atoms with Crippen LogP contribution in [-0.4, -0.2) is 25.0 Å². The Morgan fingerprint density at radius 1 is 0.895 bits per heavy atom. The van der Waals surface area contributed by atoms with Crippen LogP contribution < -0.4 is 10.6 Å². The van der Waals surface area contributed by atoms with E-state index in [0.29, 0.717) is 18.4 Å². The molecular formula is C16H34N2O. The van der Waals surface area contributed by atoms with E-state index in [4.69, 9.17) is 0 Å². The molecule has 0 aliphatic carbocycles. The summed E-state index contributed by atoms with van der Waals surface area (Å²) in [5.74, 6) is 0.762. The molecule has 0 aromatic carbocycles. The van der Waals surface area contributed by atoms with Crippen LogP contribution in [-0.2, 0) is 4.79 Å². The third-order valence-corrected chi connectivity index (χ3v) is 3.09. The molecule has 0 unspecified atom stereocenters. The molecule has 0 rings (SSSR count). The lowest BCUT2D eigenvalue weighted by molar-refractivity contribution is -0.121. The average molecular weight is 270 g/mol. The van der Waals surface area contributed by atoms with Crippen molar-refractivity contribution >= 4 is 5.91 Å². The highest BCUT2D eigenvalue weighted by Crippen LogP contribution is 2.07. The summed E-state index contributed by atoms with van der Waals surface area (Å²) in [6.45, 7) is 10.6. The molecule has 0 aromatic heterocycles. The first kappa shape index (κ1) is 18.4. The first-order valence-electron chi connectivity index (χ1n) is 8.02. The van der Waals surface area contributed by atoms with Gasteiger partial charge < -0.3 is 10.6 Å². The van der Waals surface area contributed by atoms with Crippen molar-refractivity contribution < 1.29 is 4.79 Å². The second-order valence-corrected chi connectivity index (χ2v) is 6.18. The van der Waals surface area contributed by atoms with Crippen molar-refractivity contribution in [2.24, 2.45) is 5.92 Å². The van der Waals surface area contributed by atoms with Gasteiger partial charge in [0.1, 0.15) is 0 Å². The van der Waals surface area contributed by atoms with E-state index in [0.717, 1.165) is 19.5 Å². The van der Waals surface area contributed by atoms with Crippen LogP contribution in [0.5, 0.6) is 0 Å². The molecule has 0 radical (unpaired) electrons. The zero-order chi connectivity index (χ0) is 14.5. The van der Waals surface area contributed by atoms with Gasteiger partial charge in [0.2, 0.25) is 5.91 Å². The van der Waals surface area contributed by atoms with E-state index in [1.54, 1.807) is 0 Å². The molecule has 114 valence electrons. The Bertz CT molecular complexity index is 215. The molecule has 0 bridgehead atoms. The minimum absolute atomic E-state index is 0.217. The van der Waals surface area contributed by atoms with Gasteiger partial charge in [-0.2, -0.15) is 0 Å². The van der Waals surface area contributed by atoms with Gasteiger partial charge in [-0.15, -0.1) is 0 Å². The standard InChI is InChI=1S/C16H34N2O/c1-14(2)13-18-16(19)11-9-7-5-6-8-10-12-17-15(3)4/h14-15,17H,5-13H2,1-4H3,(H,18,19). The summed E-state index contributed by atoms with van der Waals surface area (Å²) in [4.78, 5) is 11.5. The smallest absolute Gasteiger partial charge is 0.220 e. The third-order valence-electron chi connectivity index (χ3n) is 3.09. The third kappa shape index (κ3) is 15.4. The Morgan fingerprint density at radius 3 is 2.05 bits per heavy atom. The number of carbonyl (C=O) groups excluding carboxylic acids is 1. The molecular weight excluding hydrogens is 236 g/mol. The highest BCUT2D eigenvalue weighted by Gasteiger charge is 2.01. The van der Waals surface area contributed by atoms with E-state index >= 15 is 0 Å². The van der Waals surface area contributed by atoms with E-state index < -0.39 is 0 Å². The first-order chi connectivity index (χ1) is 9.02. The highest BCUT2D eigenvalue weighted by atomic mass is 16.1. The van der Waals surface area contributed by atoms with E-state index in [9.17, 15) is 4.79 Å². The molecule has 0 aliphatic heterocycles. The summed E-state index contributed by atoms with van der Waals surface area (Å²) in [5, 5.41) is 6.40. The predicted molar refractivity (Wildman–Crippen MR) is 83.3 cm³/mol. The van der Waals surface area contributed by atoms with Crippen LogP contribution in [0.3, 0.4) is 0 Å². The Morgan fingerprint density at radius 2 is 1.47 bits per heavy atom. The van der Waals surface area contributed by atoms with Gasteiger partial charge >= 0.3 is 0 Å². The molecule has 19 heavy (non-hydrogen) atoms. The number of amides is 1. The summed E-state index contributed by atoms with van der Waals surface area (Å²) < 4.78 is 0. The van der Waals surface area contributed by atoms with Gasteiger partial charge in [0.25, 0.3) is 0 Å². The molecule has 0 heterocycles. The second kappa shape index (κ2) is 12.5. The molecule has 0 aliphatic rings. The SMILES string of the molecule is CC(C)CNC(=O)CCCCCCCCNC(C)C. The Balaban J connectivity index is 3.16. The van der Waals surface area contributed by atoms with Crippen LogP contribution >= 0.6 is 0 Å². The second-order valence-electron chi connectivity index (χ2n) is 6.18. The number of unbranched alkanes of at least 4 members (excludes halogenated alkanes) is 5. The molecule has 3 nitrogen and oxygen atoms in total. The maximum Gasteiger partial charge on any atom is 0.220 e. The summed E-state index contributed by atoms with van der Waals surface area (Å²) in [7, 11) is 0. The van der Waals surface area contributed by atoms with Gasteiger partial charge in [-0.05, 0) is 25.3 Å². The molecule has 0 fully saturated rings. The molecule has 2 N–H and O–H groups in total. The van der Waals surface area contributed by atoms with Crippen LogP contribution in [0.4, 0.5) is 0 Å². The van der Waals surface area contributed by atoms with E-state index in [-0.39, 0.29) is 5.91 Å². The number of nitrogens with one attached hydrogen (secondary N) is 2. The predicted octanol–water partition coefficient (Wildman–Crippen LogP) is 3.49. The Labute approximate surface area is 119 Å². The molecule has 0 atom stereocenters. The monoisotopic (exact) mass is 270 g/mol. The number of rotatable bonds is 12. The fourth-order valence-corrected chi connectivity index (χ4v) is 1.91. The van der Waals surface area contributed by atoms with Crippen LogP contribution in [0, 0.1) is 5.92 Å². The average Bonchev–Trinajstić information content (AvgIpc) is 2.34. The molecule has 0 saturated heterocycles. The van der Waals surface area contributed by atoms with Crippen molar-refractivity contribution in [3.8, 4) is 0 Å². The van der Waals surface area contributed by atoms with Gasteiger partial charge in [0.05, 0.1) is 0 Å². The normalized spacial score (nSPS) is 11.3. The van der Waals surface area contributed by atoms with Crippen LogP contribution in [0.1, 0.15) is 72.6 Å². The lowest BCUT2D eigenvalue weighted by Crippen LogP contribution is -2.26. The van der Waals surface area contributed by atoms with Crippen LogP contribution in [0.2, 0.25) is 0 Å². The maximum absolute atomic E-state index is 11.5. The van der Waals surface area contributed by atoms with Gasteiger partial charge in [0.15, 0.2) is 0 Å². The lowest BCUT2D eigenvalue weighted by Gasteiger charge is -2.08. The van der Waals surface area contributed by atoms with Crippen LogP contribution in [0.15, 0.2) is 0 Å². The maximum atomic E-state index is 11.5. The van der Waals surface area contributed by atoms with Gasteiger partial charge in [-0.25, -0.2) is 0 Å². The quantitative estimate of drug-likeness (QED) is 0.533. The van der Waals surface area contributed by atoms with Crippen LogP contribution in [0.25, 0.3) is 0 Å².